The zero-order valence-corrected chi connectivity index (χ0v) is 7.52. The summed E-state index contributed by atoms with van der Waals surface area (Å²) >= 11 is 0. The summed E-state index contributed by atoms with van der Waals surface area (Å²) < 4.78 is 4.75. The molecule has 2 unspecified atom stereocenters. The van der Waals surface area contributed by atoms with Crippen LogP contribution in [0.15, 0.2) is 0 Å². The highest BCUT2D eigenvalue weighted by Gasteiger charge is 2.40. The summed E-state index contributed by atoms with van der Waals surface area (Å²) in [6, 6.07) is 0. The zero-order chi connectivity index (χ0) is 8.48. The van der Waals surface area contributed by atoms with Crippen molar-refractivity contribution >= 4 is 5.97 Å². The number of rotatable bonds is 1. The number of esters is 1. The third-order valence-corrected chi connectivity index (χ3v) is 2.67. The summed E-state index contributed by atoms with van der Waals surface area (Å²) in [4.78, 5) is 11.3. The fourth-order valence-corrected chi connectivity index (χ4v) is 1.97. The minimum atomic E-state index is -0.186. The number of methoxy groups -OCH3 is 1. The molecule has 2 heteroatoms. The lowest BCUT2D eigenvalue weighted by Crippen LogP contribution is -2.25. The van der Waals surface area contributed by atoms with Crippen molar-refractivity contribution in [3.05, 3.63) is 0 Å². The molecule has 11 heavy (non-hydrogen) atoms. The van der Waals surface area contributed by atoms with Crippen molar-refractivity contribution in [3.8, 4) is 0 Å². The van der Waals surface area contributed by atoms with Gasteiger partial charge in [-0.3, -0.25) is 4.79 Å². The fraction of sp³-hybridized carbons (Fsp3) is 0.889. The molecule has 64 valence electrons. The van der Waals surface area contributed by atoms with Crippen molar-refractivity contribution in [3.63, 3.8) is 0 Å². The van der Waals surface area contributed by atoms with E-state index in [1.54, 1.807) is 0 Å². The maximum absolute atomic E-state index is 11.3. The van der Waals surface area contributed by atoms with Crippen LogP contribution in [0.25, 0.3) is 0 Å². The van der Waals surface area contributed by atoms with Crippen molar-refractivity contribution in [1.82, 2.24) is 0 Å². The summed E-state index contributed by atoms with van der Waals surface area (Å²) in [7, 11) is 1.47. The van der Waals surface area contributed by atoms with E-state index in [0.717, 1.165) is 19.3 Å². The van der Waals surface area contributed by atoms with E-state index < -0.39 is 0 Å². The molecule has 1 saturated carbocycles. The molecular formula is C9H16O2. The third kappa shape index (κ3) is 1.55. The molecule has 0 bridgehead atoms. The quantitative estimate of drug-likeness (QED) is 0.543. The first kappa shape index (κ1) is 8.57. The van der Waals surface area contributed by atoms with Crippen LogP contribution in [0.2, 0.25) is 0 Å². The fourth-order valence-electron chi connectivity index (χ4n) is 1.97. The van der Waals surface area contributed by atoms with Crippen LogP contribution < -0.4 is 0 Å². The topological polar surface area (TPSA) is 26.3 Å². The number of hydrogen-bond acceptors (Lipinski definition) is 2. The summed E-state index contributed by atoms with van der Waals surface area (Å²) in [5.41, 5.74) is -0.186. The van der Waals surface area contributed by atoms with Crippen molar-refractivity contribution in [2.24, 2.45) is 11.3 Å². The normalized spacial score (nSPS) is 37.2. The van der Waals surface area contributed by atoms with Gasteiger partial charge in [-0.05, 0) is 32.1 Å². The molecule has 0 N–H and O–H groups in total. The van der Waals surface area contributed by atoms with Crippen molar-refractivity contribution < 1.29 is 9.53 Å². The van der Waals surface area contributed by atoms with Gasteiger partial charge < -0.3 is 4.74 Å². The molecule has 1 aliphatic rings. The molecule has 0 heterocycles. The second kappa shape index (κ2) is 2.84. The minimum absolute atomic E-state index is 0.0400. The van der Waals surface area contributed by atoms with Gasteiger partial charge in [-0.2, -0.15) is 0 Å². The maximum atomic E-state index is 11.3. The third-order valence-electron chi connectivity index (χ3n) is 2.67. The molecule has 1 rings (SSSR count). The monoisotopic (exact) mass is 156 g/mol. The Labute approximate surface area is 67.9 Å². The molecule has 0 saturated heterocycles. The van der Waals surface area contributed by atoms with Crippen LogP contribution in [0.1, 0.15) is 33.1 Å². The van der Waals surface area contributed by atoms with Crippen LogP contribution in [0, 0.1) is 11.3 Å². The van der Waals surface area contributed by atoms with Gasteiger partial charge in [0.15, 0.2) is 0 Å². The van der Waals surface area contributed by atoms with Crippen LogP contribution in [-0.2, 0) is 9.53 Å². The SMILES string of the molecule is COC(=O)C1(C)CCC(C)C1. The van der Waals surface area contributed by atoms with E-state index >= 15 is 0 Å². The second-order valence-corrected chi connectivity index (χ2v) is 3.90. The van der Waals surface area contributed by atoms with E-state index in [2.05, 4.69) is 6.92 Å². The first-order chi connectivity index (χ1) is 5.08. The molecular weight excluding hydrogens is 140 g/mol. The summed E-state index contributed by atoms with van der Waals surface area (Å²) in [6.07, 6.45) is 3.13. The smallest absolute Gasteiger partial charge is 0.311 e. The average Bonchev–Trinajstić information content (AvgIpc) is 2.31. The highest BCUT2D eigenvalue weighted by atomic mass is 16.5. The standard InChI is InChI=1S/C9H16O2/c1-7-4-5-9(2,6-7)8(10)11-3/h7H,4-6H2,1-3H3. The molecule has 0 aromatic rings. The van der Waals surface area contributed by atoms with E-state index in [9.17, 15) is 4.79 Å². The van der Waals surface area contributed by atoms with Crippen molar-refractivity contribution in [2.75, 3.05) is 7.11 Å². The largest absolute Gasteiger partial charge is 0.469 e. The lowest BCUT2D eigenvalue weighted by Gasteiger charge is -2.19. The van der Waals surface area contributed by atoms with Crippen LogP contribution in [-0.4, -0.2) is 13.1 Å². The van der Waals surface area contributed by atoms with E-state index in [-0.39, 0.29) is 11.4 Å². The van der Waals surface area contributed by atoms with E-state index in [1.807, 2.05) is 6.92 Å². The first-order valence-electron chi connectivity index (χ1n) is 4.17. The van der Waals surface area contributed by atoms with Gasteiger partial charge in [0.1, 0.15) is 0 Å². The van der Waals surface area contributed by atoms with E-state index in [0.29, 0.717) is 5.92 Å². The Morgan fingerprint density at radius 3 is 2.64 bits per heavy atom. The molecule has 0 aromatic heterocycles. The molecule has 0 amide bonds. The van der Waals surface area contributed by atoms with Crippen molar-refractivity contribution in [2.45, 2.75) is 33.1 Å². The van der Waals surface area contributed by atoms with E-state index in [1.165, 1.54) is 7.11 Å². The Hall–Kier alpha value is -0.530. The highest BCUT2D eigenvalue weighted by Crippen LogP contribution is 2.41. The molecule has 0 aliphatic heterocycles. The Bertz CT molecular complexity index is 165. The van der Waals surface area contributed by atoms with Gasteiger partial charge in [-0.15, -0.1) is 0 Å². The van der Waals surface area contributed by atoms with Gasteiger partial charge in [0, 0.05) is 0 Å². The molecule has 0 radical (unpaired) electrons. The molecule has 1 fully saturated rings. The Morgan fingerprint density at radius 2 is 2.27 bits per heavy atom. The van der Waals surface area contributed by atoms with Gasteiger partial charge in [-0.1, -0.05) is 6.92 Å². The number of hydrogen-bond donors (Lipinski definition) is 0. The maximum Gasteiger partial charge on any atom is 0.311 e. The number of carbonyl (C=O) groups is 1. The Kier molecular flexibility index (Phi) is 2.21. The molecule has 2 atom stereocenters. The predicted molar refractivity (Wildman–Crippen MR) is 43.1 cm³/mol. The summed E-state index contributed by atoms with van der Waals surface area (Å²) in [6.45, 7) is 4.19. The molecule has 0 spiro atoms. The van der Waals surface area contributed by atoms with Gasteiger partial charge in [0.05, 0.1) is 12.5 Å². The first-order valence-corrected chi connectivity index (χ1v) is 4.17. The zero-order valence-electron chi connectivity index (χ0n) is 7.52. The molecule has 0 aromatic carbocycles. The average molecular weight is 156 g/mol. The van der Waals surface area contributed by atoms with Crippen LogP contribution in [0.4, 0.5) is 0 Å². The van der Waals surface area contributed by atoms with E-state index in [4.69, 9.17) is 4.74 Å². The summed E-state index contributed by atoms with van der Waals surface area (Å²) in [5.74, 6) is 0.640. The van der Waals surface area contributed by atoms with Gasteiger partial charge in [-0.25, -0.2) is 0 Å². The van der Waals surface area contributed by atoms with Crippen LogP contribution in [0.3, 0.4) is 0 Å². The van der Waals surface area contributed by atoms with Gasteiger partial charge in [0.25, 0.3) is 0 Å². The molecule has 1 aliphatic carbocycles. The Morgan fingerprint density at radius 1 is 1.64 bits per heavy atom. The lowest BCUT2D eigenvalue weighted by molar-refractivity contribution is -0.151. The highest BCUT2D eigenvalue weighted by molar-refractivity contribution is 5.76. The summed E-state index contributed by atoms with van der Waals surface area (Å²) in [5, 5.41) is 0. The minimum Gasteiger partial charge on any atom is -0.469 e. The predicted octanol–water partition coefficient (Wildman–Crippen LogP) is 1.99. The number of carbonyl (C=O) groups excluding carboxylic acids is 1. The Balaban J connectivity index is 2.61. The van der Waals surface area contributed by atoms with Gasteiger partial charge in [0.2, 0.25) is 0 Å². The van der Waals surface area contributed by atoms with Crippen LogP contribution in [0.5, 0.6) is 0 Å². The molecule has 2 nitrogen and oxygen atoms in total. The van der Waals surface area contributed by atoms with Crippen LogP contribution >= 0.6 is 0 Å². The van der Waals surface area contributed by atoms with Crippen molar-refractivity contribution in [1.29, 1.82) is 0 Å². The van der Waals surface area contributed by atoms with Gasteiger partial charge >= 0.3 is 5.97 Å². The second-order valence-electron chi connectivity index (χ2n) is 3.90. The number of ether oxygens (including phenoxy) is 1. The lowest BCUT2D eigenvalue weighted by atomic mass is 9.88.